The maximum absolute atomic E-state index is 14.0. The zero-order chi connectivity index (χ0) is 28.7. The first-order valence-corrected chi connectivity index (χ1v) is 14.3. The molecule has 3 rings (SSSR count). The number of amides is 2. The minimum atomic E-state index is -4.12. The van der Waals surface area contributed by atoms with Crippen LogP contribution in [-0.2, 0) is 26.2 Å². The van der Waals surface area contributed by atoms with Crippen LogP contribution in [0.3, 0.4) is 0 Å². The van der Waals surface area contributed by atoms with Gasteiger partial charge in [-0.25, -0.2) is 8.42 Å². The van der Waals surface area contributed by atoms with E-state index in [-0.39, 0.29) is 17.3 Å². The number of anilines is 1. The maximum atomic E-state index is 14.0. The first-order chi connectivity index (χ1) is 18.5. The quantitative estimate of drug-likeness (QED) is 0.382. The summed E-state index contributed by atoms with van der Waals surface area (Å²) in [7, 11) is -1.04. The third kappa shape index (κ3) is 6.78. The van der Waals surface area contributed by atoms with Gasteiger partial charge in [0.05, 0.1) is 17.7 Å². The van der Waals surface area contributed by atoms with Crippen LogP contribution >= 0.6 is 0 Å². The summed E-state index contributed by atoms with van der Waals surface area (Å²) in [5.74, 6) is -0.204. The van der Waals surface area contributed by atoms with Gasteiger partial charge in [-0.2, -0.15) is 0 Å². The molecule has 0 fully saturated rings. The van der Waals surface area contributed by atoms with Crippen LogP contribution in [0.5, 0.6) is 5.75 Å². The highest BCUT2D eigenvalue weighted by Gasteiger charge is 2.34. The summed E-state index contributed by atoms with van der Waals surface area (Å²) in [6.07, 6.45) is 0.351. The summed E-state index contributed by atoms with van der Waals surface area (Å²) >= 11 is 0. The molecular weight excluding hydrogens is 514 g/mol. The highest BCUT2D eigenvalue weighted by molar-refractivity contribution is 7.92. The summed E-state index contributed by atoms with van der Waals surface area (Å²) in [6, 6.07) is 18.3. The van der Waals surface area contributed by atoms with Gasteiger partial charge in [0.25, 0.3) is 10.0 Å². The molecule has 2 amide bonds. The van der Waals surface area contributed by atoms with E-state index in [2.05, 4.69) is 5.32 Å². The van der Waals surface area contributed by atoms with Crippen LogP contribution in [-0.4, -0.2) is 51.9 Å². The monoisotopic (exact) mass is 551 g/mol. The van der Waals surface area contributed by atoms with Crippen molar-refractivity contribution in [2.45, 2.75) is 51.6 Å². The van der Waals surface area contributed by atoms with Gasteiger partial charge in [-0.1, -0.05) is 48.9 Å². The summed E-state index contributed by atoms with van der Waals surface area (Å²) in [5, 5.41) is 2.63. The van der Waals surface area contributed by atoms with Crippen molar-refractivity contribution >= 4 is 27.5 Å². The Kier molecular flexibility index (Phi) is 9.75. The lowest BCUT2D eigenvalue weighted by atomic mass is 10.1. The van der Waals surface area contributed by atoms with Gasteiger partial charge in [0.1, 0.15) is 18.3 Å². The van der Waals surface area contributed by atoms with Gasteiger partial charge in [0.2, 0.25) is 11.8 Å². The predicted molar refractivity (Wildman–Crippen MR) is 153 cm³/mol. The summed E-state index contributed by atoms with van der Waals surface area (Å²) in [4.78, 5) is 28.4. The van der Waals surface area contributed by atoms with Crippen LogP contribution in [0.15, 0.2) is 71.6 Å². The number of nitrogens with zero attached hydrogens (tertiary/aromatic N) is 2. The molecule has 3 aromatic rings. The van der Waals surface area contributed by atoms with Crippen molar-refractivity contribution in [2.75, 3.05) is 25.0 Å². The smallest absolute Gasteiger partial charge is 0.264 e. The summed E-state index contributed by atoms with van der Waals surface area (Å²) < 4.78 is 34.5. The van der Waals surface area contributed by atoms with E-state index in [1.54, 1.807) is 55.6 Å². The molecule has 0 aromatic heterocycles. The van der Waals surface area contributed by atoms with E-state index >= 15 is 0 Å². The Labute approximate surface area is 231 Å². The molecule has 9 heteroatoms. The van der Waals surface area contributed by atoms with Gasteiger partial charge >= 0.3 is 0 Å². The molecule has 0 saturated carbocycles. The zero-order valence-electron chi connectivity index (χ0n) is 23.4. The van der Waals surface area contributed by atoms with E-state index in [0.29, 0.717) is 17.9 Å². The number of benzene rings is 3. The molecule has 0 aliphatic carbocycles. The highest BCUT2D eigenvalue weighted by Crippen LogP contribution is 2.29. The molecule has 0 bridgehead atoms. The molecule has 0 saturated heterocycles. The number of aryl methyl sites for hydroxylation is 2. The van der Waals surface area contributed by atoms with Gasteiger partial charge in [-0.3, -0.25) is 13.9 Å². The molecule has 8 nitrogen and oxygen atoms in total. The third-order valence-corrected chi connectivity index (χ3v) is 8.63. The van der Waals surface area contributed by atoms with Crippen LogP contribution in [0.1, 0.15) is 35.6 Å². The van der Waals surface area contributed by atoms with Crippen molar-refractivity contribution in [3.05, 3.63) is 89.0 Å². The van der Waals surface area contributed by atoms with Crippen LogP contribution in [0, 0.1) is 20.8 Å². The van der Waals surface area contributed by atoms with Crippen LogP contribution in [0.25, 0.3) is 0 Å². The van der Waals surface area contributed by atoms with Gasteiger partial charge < -0.3 is 15.0 Å². The minimum absolute atomic E-state index is 0.0829. The Balaban J connectivity index is 2.11. The molecule has 0 heterocycles. The van der Waals surface area contributed by atoms with Crippen molar-refractivity contribution in [3.63, 3.8) is 0 Å². The third-order valence-electron chi connectivity index (χ3n) is 6.85. The standard InChI is InChI=1S/C30H37N3O5S/c1-7-27(30(35)31-5)32(19-24-11-9-12-25(18-24)38-6)29(34)20-33(28-13-8-10-22(3)23(28)4)39(36,37)26-16-14-21(2)15-17-26/h8-18,27H,7,19-20H2,1-6H3,(H,31,35)/t27-/m0/s1. The van der Waals surface area contributed by atoms with E-state index in [1.165, 1.54) is 11.9 Å². The molecule has 3 aromatic carbocycles. The molecule has 1 N–H and O–H groups in total. The van der Waals surface area contributed by atoms with E-state index < -0.39 is 28.5 Å². The van der Waals surface area contributed by atoms with Crippen molar-refractivity contribution in [2.24, 2.45) is 0 Å². The normalized spacial score (nSPS) is 11.9. The van der Waals surface area contributed by atoms with Gasteiger partial charge in [-0.05, 0) is 74.2 Å². The van der Waals surface area contributed by atoms with Crippen LogP contribution in [0.4, 0.5) is 5.69 Å². The van der Waals surface area contributed by atoms with Gasteiger partial charge in [0.15, 0.2) is 0 Å². The van der Waals surface area contributed by atoms with E-state index in [4.69, 9.17) is 4.74 Å². The number of carbonyl (C=O) groups is 2. The highest BCUT2D eigenvalue weighted by atomic mass is 32.2. The lowest BCUT2D eigenvalue weighted by Gasteiger charge is -2.33. The number of nitrogens with one attached hydrogen (secondary N) is 1. The number of methoxy groups -OCH3 is 1. The maximum Gasteiger partial charge on any atom is 0.264 e. The molecule has 0 spiro atoms. The van der Waals surface area contributed by atoms with Gasteiger partial charge in [-0.15, -0.1) is 0 Å². The molecule has 0 radical (unpaired) electrons. The fraction of sp³-hybridized carbons (Fsp3) is 0.333. The largest absolute Gasteiger partial charge is 0.497 e. The molecule has 0 unspecified atom stereocenters. The van der Waals surface area contributed by atoms with Gasteiger partial charge in [0, 0.05) is 13.6 Å². The van der Waals surface area contributed by atoms with Crippen LogP contribution < -0.4 is 14.4 Å². The summed E-state index contributed by atoms with van der Waals surface area (Å²) in [5.41, 5.74) is 3.74. The van der Waals surface area contributed by atoms with Crippen molar-refractivity contribution < 1.29 is 22.7 Å². The molecule has 0 aliphatic rings. The van der Waals surface area contributed by atoms with E-state index in [9.17, 15) is 18.0 Å². The fourth-order valence-corrected chi connectivity index (χ4v) is 5.88. The SMILES string of the molecule is CC[C@@H](C(=O)NC)N(Cc1cccc(OC)c1)C(=O)CN(c1cccc(C)c1C)S(=O)(=O)c1ccc(C)cc1. The fourth-order valence-electron chi connectivity index (χ4n) is 4.41. The number of rotatable bonds is 11. The first-order valence-electron chi connectivity index (χ1n) is 12.8. The van der Waals surface area contributed by atoms with Crippen LogP contribution in [0.2, 0.25) is 0 Å². The number of sulfonamides is 1. The second-order valence-electron chi connectivity index (χ2n) is 9.46. The molecular formula is C30H37N3O5S. The molecule has 1 atom stereocenters. The number of hydrogen-bond donors (Lipinski definition) is 1. The second-order valence-corrected chi connectivity index (χ2v) is 11.3. The Bertz CT molecular complexity index is 1420. The molecule has 208 valence electrons. The van der Waals surface area contributed by atoms with E-state index in [1.807, 2.05) is 45.9 Å². The Morgan fingerprint density at radius 1 is 0.974 bits per heavy atom. The summed E-state index contributed by atoms with van der Waals surface area (Å²) in [6.45, 7) is 7.05. The van der Waals surface area contributed by atoms with E-state index in [0.717, 1.165) is 26.6 Å². The minimum Gasteiger partial charge on any atom is -0.497 e. The molecule has 0 aliphatic heterocycles. The molecule has 39 heavy (non-hydrogen) atoms. The van der Waals surface area contributed by atoms with Crippen molar-refractivity contribution in [3.8, 4) is 5.75 Å². The Hall–Kier alpha value is -3.85. The average molecular weight is 552 g/mol. The lowest BCUT2D eigenvalue weighted by Crippen LogP contribution is -2.51. The van der Waals surface area contributed by atoms with Crippen molar-refractivity contribution in [1.29, 1.82) is 0 Å². The number of ether oxygens (including phenoxy) is 1. The Morgan fingerprint density at radius 3 is 2.26 bits per heavy atom. The number of carbonyl (C=O) groups excluding carboxylic acids is 2. The van der Waals surface area contributed by atoms with Crippen molar-refractivity contribution in [1.82, 2.24) is 10.2 Å². The first kappa shape index (κ1) is 29.7. The topological polar surface area (TPSA) is 96.0 Å². The average Bonchev–Trinajstić information content (AvgIpc) is 2.93. The number of likely N-dealkylation sites (N-methyl/N-ethyl adjacent to an activating group) is 1. The lowest BCUT2D eigenvalue weighted by molar-refractivity contribution is -0.140. The number of hydrogen-bond acceptors (Lipinski definition) is 5. The Morgan fingerprint density at radius 2 is 1.64 bits per heavy atom. The zero-order valence-corrected chi connectivity index (χ0v) is 24.2. The predicted octanol–water partition coefficient (Wildman–Crippen LogP) is 4.37. The second kappa shape index (κ2) is 12.8.